The van der Waals surface area contributed by atoms with Crippen molar-refractivity contribution < 1.29 is 17.9 Å². The van der Waals surface area contributed by atoms with E-state index in [0.29, 0.717) is 35.5 Å². The predicted octanol–water partition coefficient (Wildman–Crippen LogP) is 4.41. The lowest BCUT2D eigenvalue weighted by Gasteiger charge is -2.38. The number of piperidine rings is 2. The van der Waals surface area contributed by atoms with E-state index in [0.717, 1.165) is 31.2 Å². The molecule has 0 spiro atoms. The molecule has 7 nitrogen and oxygen atoms in total. The molecule has 0 bridgehead atoms. The van der Waals surface area contributed by atoms with Gasteiger partial charge in [-0.1, -0.05) is 24.4 Å². The van der Waals surface area contributed by atoms with Crippen molar-refractivity contribution in [3.8, 4) is 0 Å². The normalized spacial score (nSPS) is 28.7. The second kappa shape index (κ2) is 9.72. The molecule has 33 heavy (non-hydrogen) atoms. The van der Waals surface area contributed by atoms with E-state index in [-0.39, 0.29) is 24.8 Å². The van der Waals surface area contributed by atoms with E-state index in [1.165, 1.54) is 38.8 Å². The first-order chi connectivity index (χ1) is 15.9. The van der Waals surface area contributed by atoms with Crippen LogP contribution in [0.2, 0.25) is 5.02 Å². The van der Waals surface area contributed by atoms with Gasteiger partial charge in [0.15, 0.2) is 0 Å². The summed E-state index contributed by atoms with van der Waals surface area (Å²) in [5.74, 6) is 0. The van der Waals surface area contributed by atoms with Gasteiger partial charge in [0.2, 0.25) is 10.0 Å². The summed E-state index contributed by atoms with van der Waals surface area (Å²) in [4.78, 5) is 17.5. The van der Waals surface area contributed by atoms with Crippen molar-refractivity contribution in [2.24, 2.45) is 0 Å². The number of sulfonamides is 1. The maximum absolute atomic E-state index is 13.2. The topological polar surface area (TPSA) is 70.2 Å². The molecular weight excluding hydrogens is 462 g/mol. The van der Waals surface area contributed by atoms with E-state index in [4.69, 9.17) is 16.3 Å². The van der Waals surface area contributed by atoms with E-state index in [1.807, 2.05) is 0 Å². The fraction of sp³-hybridized carbons (Fsp3) is 0.708. The number of ether oxygens (including phenoxy) is 1. The maximum atomic E-state index is 13.2. The van der Waals surface area contributed by atoms with Crippen molar-refractivity contribution in [1.82, 2.24) is 14.1 Å². The highest BCUT2D eigenvalue weighted by atomic mass is 35.5. The largest absolute Gasteiger partial charge is 0.448 e. The van der Waals surface area contributed by atoms with Crippen LogP contribution in [0.4, 0.5) is 4.79 Å². The quantitative estimate of drug-likeness (QED) is 0.621. The third kappa shape index (κ3) is 4.64. The van der Waals surface area contributed by atoms with Crippen molar-refractivity contribution in [3.63, 3.8) is 0 Å². The second-order valence-corrected chi connectivity index (χ2v) is 12.1. The Kier molecular flexibility index (Phi) is 6.89. The van der Waals surface area contributed by atoms with Gasteiger partial charge in [0.1, 0.15) is 6.61 Å². The molecule has 1 aromatic carbocycles. The number of amides is 1. The number of carbonyl (C=O) groups excluding carboxylic acids is 1. The summed E-state index contributed by atoms with van der Waals surface area (Å²) in [5, 5.41) is 0.544. The Morgan fingerprint density at radius 2 is 1.70 bits per heavy atom. The highest BCUT2D eigenvalue weighted by molar-refractivity contribution is 7.89. The summed E-state index contributed by atoms with van der Waals surface area (Å²) in [6.07, 6.45) is 9.22. The van der Waals surface area contributed by atoms with Crippen LogP contribution in [0.5, 0.6) is 0 Å². The van der Waals surface area contributed by atoms with Crippen LogP contribution >= 0.6 is 11.6 Å². The molecule has 1 amide bonds. The van der Waals surface area contributed by atoms with Gasteiger partial charge in [0.05, 0.1) is 17.0 Å². The summed E-state index contributed by atoms with van der Waals surface area (Å²) >= 11 is 6.15. The van der Waals surface area contributed by atoms with Crippen LogP contribution in [0.25, 0.3) is 0 Å². The predicted molar refractivity (Wildman–Crippen MR) is 127 cm³/mol. The van der Waals surface area contributed by atoms with Crippen molar-refractivity contribution in [2.75, 3.05) is 32.8 Å². The molecule has 0 radical (unpaired) electrons. The molecule has 0 saturated carbocycles. The van der Waals surface area contributed by atoms with Crippen molar-refractivity contribution in [3.05, 3.63) is 28.8 Å². The van der Waals surface area contributed by atoms with Crippen molar-refractivity contribution in [1.29, 1.82) is 0 Å². The van der Waals surface area contributed by atoms with Gasteiger partial charge >= 0.3 is 6.09 Å². The maximum Gasteiger partial charge on any atom is 0.409 e. The van der Waals surface area contributed by atoms with Crippen LogP contribution in [0.15, 0.2) is 23.1 Å². The van der Waals surface area contributed by atoms with E-state index in [2.05, 4.69) is 4.90 Å². The van der Waals surface area contributed by atoms with Gasteiger partial charge in [0.25, 0.3) is 0 Å². The monoisotopic (exact) mass is 495 g/mol. The number of benzene rings is 1. The van der Waals surface area contributed by atoms with Gasteiger partial charge < -0.3 is 14.5 Å². The van der Waals surface area contributed by atoms with Crippen molar-refractivity contribution >= 4 is 27.7 Å². The van der Waals surface area contributed by atoms with E-state index in [1.54, 1.807) is 27.4 Å². The molecule has 4 aliphatic heterocycles. The highest BCUT2D eigenvalue weighted by Crippen LogP contribution is 2.47. The summed E-state index contributed by atoms with van der Waals surface area (Å²) in [6.45, 7) is 3.87. The Bertz CT molecular complexity index is 972. The Balaban J connectivity index is 1.18. The first-order valence-electron chi connectivity index (χ1n) is 12.4. The lowest BCUT2D eigenvalue weighted by atomic mass is 9.94. The number of carbonyl (C=O) groups is 1. The van der Waals surface area contributed by atoms with Gasteiger partial charge in [-0.15, -0.1) is 0 Å². The van der Waals surface area contributed by atoms with Gasteiger partial charge in [-0.3, -0.25) is 0 Å². The third-order valence-corrected chi connectivity index (χ3v) is 10.1. The Morgan fingerprint density at radius 1 is 0.970 bits per heavy atom. The van der Waals surface area contributed by atoms with Gasteiger partial charge in [0, 0.05) is 24.2 Å². The van der Waals surface area contributed by atoms with Crippen LogP contribution in [-0.2, 0) is 14.8 Å². The van der Waals surface area contributed by atoms with Gasteiger partial charge in [-0.25, -0.2) is 13.2 Å². The fourth-order valence-corrected chi connectivity index (χ4v) is 8.38. The lowest BCUT2D eigenvalue weighted by Crippen LogP contribution is -2.48. The number of fused-ring (bicyclic) bond motifs is 3. The van der Waals surface area contributed by atoms with Crippen molar-refractivity contribution in [2.45, 2.75) is 80.8 Å². The lowest BCUT2D eigenvalue weighted by molar-refractivity contribution is 0.0492. The molecular formula is C24H34ClN3O4S. The summed E-state index contributed by atoms with van der Waals surface area (Å²) in [7, 11) is -3.60. The molecule has 0 aliphatic carbocycles. The number of rotatable bonds is 3. The summed E-state index contributed by atoms with van der Waals surface area (Å²) in [6, 6.07) is 5.00. The molecule has 3 saturated heterocycles. The zero-order valence-electron chi connectivity index (χ0n) is 19.1. The van der Waals surface area contributed by atoms with Crippen LogP contribution < -0.4 is 0 Å². The second-order valence-electron chi connectivity index (χ2n) is 9.86. The van der Waals surface area contributed by atoms with E-state index >= 15 is 0 Å². The van der Waals surface area contributed by atoms with E-state index < -0.39 is 10.0 Å². The molecule has 0 unspecified atom stereocenters. The summed E-state index contributed by atoms with van der Waals surface area (Å²) < 4.78 is 33.7. The molecule has 4 heterocycles. The molecule has 5 rings (SSSR count). The molecule has 2 atom stereocenters. The minimum Gasteiger partial charge on any atom is -0.448 e. The minimum absolute atomic E-state index is 0.0995. The van der Waals surface area contributed by atoms with Gasteiger partial charge in [-0.2, -0.15) is 4.31 Å². The van der Waals surface area contributed by atoms with E-state index in [9.17, 15) is 13.2 Å². The fourth-order valence-electron chi connectivity index (χ4n) is 6.13. The van der Waals surface area contributed by atoms with Crippen LogP contribution in [0.3, 0.4) is 0 Å². The molecule has 182 valence electrons. The third-order valence-electron chi connectivity index (χ3n) is 7.85. The first-order valence-corrected chi connectivity index (χ1v) is 14.3. The average Bonchev–Trinajstić information content (AvgIpc) is 3.00. The molecule has 0 N–H and O–H groups in total. The average molecular weight is 496 g/mol. The number of halogens is 1. The first kappa shape index (κ1) is 23.4. The SMILES string of the molecule is O=C(OC[C@H]1CCC[C@H]2c3cc(Cl)ccc3S(=O)(=O)N12)N1CCC(N2CCCCCC2)CC1. The number of hydrogen-bond acceptors (Lipinski definition) is 5. The summed E-state index contributed by atoms with van der Waals surface area (Å²) in [5.41, 5.74) is 0.772. The Morgan fingerprint density at radius 3 is 2.42 bits per heavy atom. The minimum atomic E-state index is -3.60. The number of hydrogen-bond donors (Lipinski definition) is 0. The molecule has 9 heteroatoms. The molecule has 1 aromatic rings. The Labute approximate surface area is 202 Å². The zero-order valence-corrected chi connectivity index (χ0v) is 20.7. The van der Waals surface area contributed by atoms with Crippen LogP contribution in [0.1, 0.15) is 69.4 Å². The van der Waals surface area contributed by atoms with Gasteiger partial charge in [-0.05, 0) is 81.8 Å². The Hall–Kier alpha value is -1.35. The van der Waals surface area contributed by atoms with Crippen LogP contribution in [0, 0.1) is 0 Å². The number of likely N-dealkylation sites (tertiary alicyclic amines) is 2. The smallest absolute Gasteiger partial charge is 0.409 e. The zero-order chi connectivity index (χ0) is 23.0. The standard InChI is InChI=1S/C24H34ClN3O4S/c25-18-8-9-23-21(16-18)22-7-5-6-20(28(22)33(23,30)31)17-32-24(29)27-14-10-19(11-15-27)26-12-3-1-2-4-13-26/h8-9,16,19-20,22H,1-7,10-15,17H2/t20-,22+/m1/s1. The molecule has 0 aromatic heterocycles. The highest BCUT2D eigenvalue weighted by Gasteiger charge is 2.48. The molecule has 4 aliphatic rings. The molecule has 3 fully saturated rings. The number of nitrogens with zero attached hydrogens (tertiary/aromatic N) is 3. The van der Waals surface area contributed by atoms with Crippen LogP contribution in [-0.4, -0.2) is 73.5 Å².